The number of amides is 7. The van der Waals surface area contributed by atoms with E-state index in [2.05, 4.69) is 30.8 Å². The van der Waals surface area contributed by atoms with Crippen molar-refractivity contribution >= 4 is 51.7 Å². The molecule has 0 spiro atoms. The largest absolute Gasteiger partial charge is 1.00 e. The third-order valence-electron chi connectivity index (χ3n) is 11.4. The van der Waals surface area contributed by atoms with Crippen molar-refractivity contribution in [2.45, 2.75) is 112 Å². The topological polar surface area (TPSA) is 423 Å². The van der Waals surface area contributed by atoms with Crippen molar-refractivity contribution in [3.8, 4) is 11.5 Å². The summed E-state index contributed by atoms with van der Waals surface area (Å²) in [7, 11) is -2.00. The van der Waals surface area contributed by atoms with Gasteiger partial charge in [-0.3, -0.25) is 33.6 Å². The summed E-state index contributed by atoms with van der Waals surface area (Å²) in [5, 5.41) is 88.3. The van der Waals surface area contributed by atoms with Gasteiger partial charge >= 0.3 is 29.6 Å². The number of carbonyl (C=O) groups is 7. The number of aliphatic hydroxyl groups is 6. The zero-order chi connectivity index (χ0) is 50.2. The van der Waals surface area contributed by atoms with Crippen LogP contribution >= 0.6 is 0 Å². The summed E-state index contributed by atoms with van der Waals surface area (Å²) in [6.45, 7) is 1.50. The van der Waals surface area contributed by atoms with E-state index in [9.17, 15) is 82.3 Å². The molecule has 14 N–H and O–H groups in total. The summed E-state index contributed by atoms with van der Waals surface area (Å²) in [5.41, 5.74) is 5.89. The van der Waals surface area contributed by atoms with Crippen molar-refractivity contribution in [2.75, 3.05) is 46.8 Å². The van der Waals surface area contributed by atoms with Crippen molar-refractivity contribution in [1.82, 2.24) is 41.3 Å². The molecule has 29 heteroatoms. The first-order chi connectivity index (χ1) is 31.2. The van der Waals surface area contributed by atoms with E-state index in [1.165, 1.54) is 6.92 Å². The molecule has 3 saturated heterocycles. The minimum absolute atomic E-state index is 0. The Morgan fingerprint density at radius 2 is 1.51 bits per heavy atom. The molecule has 376 valence electrons. The maximum absolute atomic E-state index is 14.6. The Morgan fingerprint density at radius 3 is 2.13 bits per heavy atom. The molecule has 1 aromatic carbocycles. The van der Waals surface area contributed by atoms with E-state index < -0.39 is 181 Å². The Bertz CT molecular complexity index is 2110. The van der Waals surface area contributed by atoms with E-state index in [-0.39, 0.29) is 48.2 Å². The van der Waals surface area contributed by atoms with Crippen molar-refractivity contribution in [3.63, 3.8) is 0 Å². The maximum atomic E-state index is 14.6. The number of aliphatic hydroxyl groups excluding tert-OH is 6. The number of rotatable bonds is 12. The van der Waals surface area contributed by atoms with E-state index in [1.54, 1.807) is 19.0 Å². The van der Waals surface area contributed by atoms with Gasteiger partial charge in [-0.2, -0.15) is 0 Å². The molecule has 3 fully saturated rings. The smallest absolute Gasteiger partial charge is 0.716 e. The zero-order valence-electron chi connectivity index (χ0n) is 38.1. The summed E-state index contributed by atoms with van der Waals surface area (Å²) < 4.78 is 38.3. The molecule has 1 aromatic rings. The van der Waals surface area contributed by atoms with Gasteiger partial charge in [-0.15, -0.1) is 0 Å². The molecule has 3 aliphatic rings. The van der Waals surface area contributed by atoms with Gasteiger partial charge in [0.15, 0.2) is 11.5 Å². The average molecular weight is 998 g/mol. The van der Waals surface area contributed by atoms with Gasteiger partial charge in [-0.05, 0) is 45.1 Å². The van der Waals surface area contributed by atoms with Gasteiger partial charge in [0, 0.05) is 51.5 Å². The van der Waals surface area contributed by atoms with Crippen LogP contribution in [-0.4, -0.2) is 224 Å². The first-order valence-corrected chi connectivity index (χ1v) is 22.5. The summed E-state index contributed by atoms with van der Waals surface area (Å²) >= 11 is 0. The van der Waals surface area contributed by atoms with Crippen LogP contribution in [0, 0.1) is 5.92 Å². The molecule has 4 rings (SSSR count). The fourth-order valence-electron chi connectivity index (χ4n) is 7.84. The third-order valence-corrected chi connectivity index (χ3v) is 11.8. The molecule has 13 atom stereocenters. The second-order valence-corrected chi connectivity index (χ2v) is 18.2. The number of hydrogen-bond donors (Lipinski definition) is 13. The van der Waals surface area contributed by atoms with E-state index >= 15 is 0 Å². The van der Waals surface area contributed by atoms with Crippen molar-refractivity contribution in [1.29, 1.82) is 0 Å². The monoisotopic (exact) mass is 997 g/mol. The van der Waals surface area contributed by atoms with Crippen LogP contribution in [0.15, 0.2) is 18.2 Å². The van der Waals surface area contributed by atoms with Crippen LogP contribution in [0.4, 0.5) is 0 Å². The molecule has 0 bridgehead atoms. The van der Waals surface area contributed by atoms with Crippen molar-refractivity contribution in [2.24, 2.45) is 11.7 Å². The number of likely N-dealkylation sites (N-methyl/N-ethyl adjacent to an activating group) is 1. The zero-order valence-corrected chi connectivity index (χ0v) is 40.9. The summed E-state index contributed by atoms with van der Waals surface area (Å²) in [4.78, 5) is 101. The van der Waals surface area contributed by atoms with Gasteiger partial charge in [-0.25, -0.2) is 8.42 Å². The maximum Gasteiger partial charge on any atom is 1.00 e. The summed E-state index contributed by atoms with van der Waals surface area (Å²) in [6.07, 6.45) is -13.1. The number of nitrogens with zero attached hydrogens (tertiary/aromatic N) is 3. The SMILES string of the molecule is C[C@@H](O)C1NC(=O)[C@@H](N)C[C@@H](O)CNC(=O)[C@@H]2[C@@H](O)[C@@H](C)CN2C(=O)[C@H]([C@H](O)CC(=O)NCCN(C)C)NC(=O)[C@H]([C@H](O)Cc2ccc(O)c(OS(=O)(=O)[O-])c2)NC(=O)[C@@H]2C[C@@H](O)CN2C1=O.[Na+]. The van der Waals surface area contributed by atoms with Crippen molar-refractivity contribution in [3.05, 3.63) is 23.8 Å². The number of phenolic OH excluding ortho intramolecular Hbond substituents is 1. The van der Waals surface area contributed by atoms with Gasteiger partial charge in [-0.1, -0.05) is 13.0 Å². The molecule has 0 radical (unpaired) electrons. The van der Waals surface area contributed by atoms with Crippen LogP contribution in [0.2, 0.25) is 0 Å². The molecule has 3 aliphatic heterocycles. The average Bonchev–Trinajstić information content (AvgIpc) is 3.77. The molecule has 7 amide bonds. The number of phenols is 1. The molecule has 68 heavy (non-hydrogen) atoms. The van der Waals surface area contributed by atoms with E-state index in [1.807, 2.05) is 0 Å². The van der Waals surface area contributed by atoms with Gasteiger partial charge in [0.05, 0.1) is 49.1 Å². The predicted octanol–water partition coefficient (Wildman–Crippen LogP) is -11.2. The summed E-state index contributed by atoms with van der Waals surface area (Å²) in [5.74, 6) is -10.5. The Kier molecular flexibility index (Phi) is 21.3. The van der Waals surface area contributed by atoms with Crippen molar-refractivity contribution < 1.29 is 116 Å². The van der Waals surface area contributed by atoms with Crippen LogP contribution in [0.5, 0.6) is 11.5 Å². The molecule has 1 unspecified atom stereocenters. The standard InChI is InChI=1S/C39H61N9O18S.Na/c1-17-15-48-32(33(17)56)37(60)42-14-20(50)11-22(40)34(57)43-29(18(2)49)38(61)47-16-21(51)12-23(47)35(58)44-30(25(53)9-19-5-6-24(52)27(10-19)66-67(63,64)65)36(59)45-31(39(48)62)26(54)13-28(55)41-7-8-46(3)4;/h5-6,10,17-18,20-23,25-26,29-33,49-54,56H,7-9,11-16,40H2,1-4H3,(H,41,55)(H,42,60)(H,43,57)(H,44,58)(H,45,59)(H,63,64,65);/q;+1/p-1/t17-,18+,20+,21+,22-,23-,25+,26+,29?,30-,31-,32-,33-;/m0./s1. The number of carbonyl (C=O) groups excluding carboxylic acids is 7. The van der Waals surface area contributed by atoms with Gasteiger partial charge < -0.3 is 91.5 Å². The number of benzene rings is 1. The Hall–Kier alpha value is -4.30. The van der Waals surface area contributed by atoms with Crippen LogP contribution in [0.25, 0.3) is 0 Å². The van der Waals surface area contributed by atoms with E-state index in [0.717, 1.165) is 34.9 Å². The number of nitrogens with one attached hydrogen (secondary N) is 5. The third kappa shape index (κ3) is 15.6. The molecule has 0 saturated carbocycles. The molecular weight excluding hydrogens is 938 g/mol. The molecule has 27 nitrogen and oxygen atoms in total. The molecule has 0 aliphatic carbocycles. The van der Waals surface area contributed by atoms with E-state index in [4.69, 9.17) is 5.73 Å². The summed E-state index contributed by atoms with van der Waals surface area (Å²) in [6, 6.07) is -8.46. The predicted molar refractivity (Wildman–Crippen MR) is 226 cm³/mol. The number of aromatic hydroxyl groups is 1. The second-order valence-electron chi connectivity index (χ2n) is 17.2. The Balaban J connectivity index is 0.0000122. The molecule has 3 heterocycles. The molecule has 0 aromatic heterocycles. The van der Waals surface area contributed by atoms with Gasteiger partial charge in [0.1, 0.15) is 30.2 Å². The fraction of sp³-hybridized carbons (Fsp3) is 0.667. The first-order valence-electron chi connectivity index (χ1n) is 21.2. The van der Waals surface area contributed by atoms with Crippen LogP contribution in [0.3, 0.4) is 0 Å². The minimum Gasteiger partial charge on any atom is -0.716 e. The van der Waals surface area contributed by atoms with Crippen LogP contribution in [0.1, 0.15) is 38.7 Å². The Labute approximate surface area is 413 Å². The van der Waals surface area contributed by atoms with E-state index in [0.29, 0.717) is 6.54 Å². The normalized spacial score (nSPS) is 29.5. The Morgan fingerprint density at radius 1 is 0.897 bits per heavy atom. The fourth-order valence-corrected chi connectivity index (χ4v) is 8.20. The molecular formula is C39H60N9NaO18S. The number of nitrogens with two attached hydrogens (primary N) is 1. The van der Waals surface area contributed by atoms with Crippen LogP contribution in [-0.2, 0) is 50.4 Å². The number of hydrogen-bond acceptors (Lipinski definition) is 20. The van der Waals surface area contributed by atoms with Crippen LogP contribution < -0.4 is 66.1 Å². The minimum atomic E-state index is -5.45. The quantitative estimate of drug-likeness (QED) is 0.0525. The number of β-amino-alcohol motifs (C(OH)–C–C–N with tert-alkyl or cyclic N) is 1. The second kappa shape index (κ2) is 25.0. The first kappa shape index (κ1) is 58.0. The number of fused-ring (bicyclic) bond motifs is 2. The van der Waals surface area contributed by atoms with Gasteiger partial charge in [0.25, 0.3) is 10.4 Å². The van der Waals surface area contributed by atoms with Gasteiger partial charge in [0.2, 0.25) is 41.4 Å².